The second-order valence-corrected chi connectivity index (χ2v) is 7.01. The van der Waals surface area contributed by atoms with Gasteiger partial charge in [0.15, 0.2) is 0 Å². The van der Waals surface area contributed by atoms with Crippen LogP contribution >= 0.6 is 0 Å². The Labute approximate surface area is 119 Å². The van der Waals surface area contributed by atoms with Crippen LogP contribution < -0.4 is 5.32 Å². The van der Waals surface area contributed by atoms with E-state index in [2.05, 4.69) is 26.1 Å². The molecule has 0 aliphatic heterocycles. The number of likely N-dealkylation sites (N-methyl/N-ethyl adjacent to an activating group) is 1. The summed E-state index contributed by atoms with van der Waals surface area (Å²) in [4.78, 5) is 14.2. The van der Waals surface area contributed by atoms with Gasteiger partial charge in [0.25, 0.3) is 0 Å². The van der Waals surface area contributed by atoms with Gasteiger partial charge in [0.2, 0.25) is 5.91 Å². The fourth-order valence-electron chi connectivity index (χ4n) is 3.71. The molecule has 3 nitrogen and oxygen atoms in total. The minimum Gasteiger partial charge on any atom is -0.342 e. The summed E-state index contributed by atoms with van der Waals surface area (Å²) >= 11 is 0. The Morgan fingerprint density at radius 3 is 2.37 bits per heavy atom. The lowest BCUT2D eigenvalue weighted by molar-refractivity contribution is -0.133. The van der Waals surface area contributed by atoms with Gasteiger partial charge in [-0.05, 0) is 51.4 Å². The normalized spacial score (nSPS) is 27.9. The second kappa shape index (κ2) is 6.74. The van der Waals surface area contributed by atoms with Crippen LogP contribution in [0.5, 0.6) is 0 Å². The van der Waals surface area contributed by atoms with Crippen molar-refractivity contribution >= 4 is 5.91 Å². The third kappa shape index (κ3) is 4.79. The molecule has 1 fully saturated rings. The maximum Gasteiger partial charge on any atom is 0.239 e. The summed E-state index contributed by atoms with van der Waals surface area (Å²) < 4.78 is 0. The molecule has 0 radical (unpaired) electrons. The molecule has 0 saturated heterocycles. The summed E-state index contributed by atoms with van der Waals surface area (Å²) in [7, 11) is 0. The molecule has 3 heteroatoms. The summed E-state index contributed by atoms with van der Waals surface area (Å²) in [6, 6.07) is 0.416. The number of hydrogen-bond donors (Lipinski definition) is 1. The molecule has 1 N–H and O–H groups in total. The third-order valence-electron chi connectivity index (χ3n) is 4.32. The Kier molecular flexibility index (Phi) is 5.84. The third-order valence-corrected chi connectivity index (χ3v) is 4.32. The zero-order valence-corrected chi connectivity index (χ0v) is 13.6. The summed E-state index contributed by atoms with van der Waals surface area (Å²) in [5.74, 6) is 0.984. The highest BCUT2D eigenvalue weighted by molar-refractivity contribution is 5.81. The molecule has 112 valence electrons. The van der Waals surface area contributed by atoms with Gasteiger partial charge in [0.05, 0.1) is 6.04 Å². The molecule has 0 bridgehead atoms. The standard InChI is InChI=1S/C16H32N2O/c1-7-18(8-2)15(19)13(4)17-14-9-12(3)10-16(5,6)11-14/h12-14,17H,7-11H2,1-6H3. The molecule has 1 saturated carbocycles. The monoisotopic (exact) mass is 268 g/mol. The molecule has 3 unspecified atom stereocenters. The topological polar surface area (TPSA) is 32.3 Å². The first-order chi connectivity index (χ1) is 8.79. The lowest BCUT2D eigenvalue weighted by Crippen LogP contribution is -2.50. The maximum absolute atomic E-state index is 12.3. The van der Waals surface area contributed by atoms with Crippen molar-refractivity contribution in [3.8, 4) is 0 Å². The van der Waals surface area contributed by atoms with E-state index in [1.807, 2.05) is 25.7 Å². The summed E-state index contributed by atoms with van der Waals surface area (Å²) in [6.45, 7) is 14.7. The van der Waals surface area contributed by atoms with E-state index in [0.29, 0.717) is 11.5 Å². The number of carbonyl (C=O) groups excluding carboxylic acids is 1. The average molecular weight is 268 g/mol. The van der Waals surface area contributed by atoms with Crippen LogP contribution in [0, 0.1) is 11.3 Å². The lowest BCUT2D eigenvalue weighted by Gasteiger charge is -2.40. The Hall–Kier alpha value is -0.570. The van der Waals surface area contributed by atoms with Crippen LogP contribution in [0.3, 0.4) is 0 Å². The summed E-state index contributed by atoms with van der Waals surface area (Å²) in [6.07, 6.45) is 3.66. The Morgan fingerprint density at radius 2 is 1.89 bits per heavy atom. The first kappa shape index (κ1) is 16.5. The van der Waals surface area contributed by atoms with E-state index in [9.17, 15) is 4.79 Å². The van der Waals surface area contributed by atoms with Gasteiger partial charge in [-0.25, -0.2) is 0 Å². The van der Waals surface area contributed by atoms with Crippen molar-refractivity contribution in [1.29, 1.82) is 0 Å². The Balaban J connectivity index is 2.56. The number of nitrogens with one attached hydrogen (secondary N) is 1. The Morgan fingerprint density at radius 1 is 1.32 bits per heavy atom. The van der Waals surface area contributed by atoms with Crippen LogP contribution in [0.1, 0.15) is 60.8 Å². The van der Waals surface area contributed by atoms with Gasteiger partial charge in [-0.3, -0.25) is 4.79 Å². The Bertz CT molecular complexity index is 297. The van der Waals surface area contributed by atoms with Gasteiger partial charge in [-0.1, -0.05) is 20.8 Å². The van der Waals surface area contributed by atoms with E-state index in [1.54, 1.807) is 0 Å². The van der Waals surface area contributed by atoms with Crippen molar-refractivity contribution in [1.82, 2.24) is 10.2 Å². The van der Waals surface area contributed by atoms with E-state index >= 15 is 0 Å². The first-order valence-electron chi connectivity index (χ1n) is 7.84. The molecule has 1 rings (SSSR count). The molecule has 1 aliphatic rings. The molecule has 0 aromatic heterocycles. The van der Waals surface area contributed by atoms with Gasteiger partial charge >= 0.3 is 0 Å². The molecule has 1 aliphatic carbocycles. The lowest BCUT2D eigenvalue weighted by atomic mass is 9.70. The predicted molar refractivity (Wildman–Crippen MR) is 81.1 cm³/mol. The largest absolute Gasteiger partial charge is 0.342 e. The SMILES string of the molecule is CCN(CC)C(=O)C(C)NC1CC(C)CC(C)(C)C1. The van der Waals surface area contributed by atoms with Crippen molar-refractivity contribution in [3.63, 3.8) is 0 Å². The highest BCUT2D eigenvalue weighted by Gasteiger charge is 2.33. The van der Waals surface area contributed by atoms with Crippen LogP contribution in [0.2, 0.25) is 0 Å². The smallest absolute Gasteiger partial charge is 0.239 e. The van der Waals surface area contributed by atoms with E-state index in [1.165, 1.54) is 19.3 Å². The molecular weight excluding hydrogens is 236 g/mol. The fourth-order valence-corrected chi connectivity index (χ4v) is 3.71. The minimum absolute atomic E-state index is 0.0639. The second-order valence-electron chi connectivity index (χ2n) is 7.01. The molecular formula is C16H32N2O. The fraction of sp³-hybridized carbons (Fsp3) is 0.938. The molecule has 0 spiro atoms. The van der Waals surface area contributed by atoms with Crippen LogP contribution in [0.4, 0.5) is 0 Å². The van der Waals surface area contributed by atoms with Gasteiger partial charge < -0.3 is 10.2 Å². The van der Waals surface area contributed by atoms with Crippen molar-refractivity contribution < 1.29 is 4.79 Å². The number of rotatable bonds is 5. The zero-order chi connectivity index (χ0) is 14.6. The number of hydrogen-bond acceptors (Lipinski definition) is 2. The number of carbonyl (C=O) groups is 1. The number of amides is 1. The minimum atomic E-state index is -0.0639. The number of nitrogens with zero attached hydrogens (tertiary/aromatic N) is 1. The average Bonchev–Trinajstić information content (AvgIpc) is 2.27. The van der Waals surface area contributed by atoms with Crippen LogP contribution in [-0.4, -0.2) is 36.0 Å². The summed E-state index contributed by atoms with van der Waals surface area (Å²) in [5.41, 5.74) is 0.396. The van der Waals surface area contributed by atoms with Gasteiger partial charge in [-0.15, -0.1) is 0 Å². The highest BCUT2D eigenvalue weighted by atomic mass is 16.2. The summed E-state index contributed by atoms with van der Waals surface area (Å²) in [5, 5.41) is 3.56. The van der Waals surface area contributed by atoms with Crippen LogP contribution in [-0.2, 0) is 4.79 Å². The molecule has 0 aromatic carbocycles. The van der Waals surface area contributed by atoms with Crippen LogP contribution in [0.15, 0.2) is 0 Å². The maximum atomic E-state index is 12.3. The van der Waals surface area contributed by atoms with E-state index in [-0.39, 0.29) is 11.9 Å². The highest BCUT2D eigenvalue weighted by Crippen LogP contribution is 2.38. The van der Waals surface area contributed by atoms with Gasteiger partial charge in [0, 0.05) is 19.1 Å². The van der Waals surface area contributed by atoms with Crippen molar-refractivity contribution in [2.45, 2.75) is 72.9 Å². The zero-order valence-electron chi connectivity index (χ0n) is 13.6. The molecule has 19 heavy (non-hydrogen) atoms. The van der Waals surface area contributed by atoms with E-state index in [0.717, 1.165) is 19.0 Å². The van der Waals surface area contributed by atoms with Crippen molar-refractivity contribution in [2.24, 2.45) is 11.3 Å². The molecule has 1 amide bonds. The first-order valence-corrected chi connectivity index (χ1v) is 7.84. The van der Waals surface area contributed by atoms with Gasteiger partial charge in [0.1, 0.15) is 0 Å². The van der Waals surface area contributed by atoms with Gasteiger partial charge in [-0.2, -0.15) is 0 Å². The van der Waals surface area contributed by atoms with Crippen molar-refractivity contribution in [2.75, 3.05) is 13.1 Å². The molecule has 3 atom stereocenters. The molecule has 0 aromatic rings. The van der Waals surface area contributed by atoms with E-state index < -0.39 is 0 Å². The quantitative estimate of drug-likeness (QED) is 0.831. The molecule has 0 heterocycles. The van der Waals surface area contributed by atoms with E-state index in [4.69, 9.17) is 0 Å². The van der Waals surface area contributed by atoms with Crippen LogP contribution in [0.25, 0.3) is 0 Å². The predicted octanol–water partition coefficient (Wildman–Crippen LogP) is 3.05. The van der Waals surface area contributed by atoms with Crippen molar-refractivity contribution in [3.05, 3.63) is 0 Å².